The number of rotatable bonds is 3. The number of carbonyl (C=O) groups is 1. The van der Waals surface area contributed by atoms with E-state index in [0.717, 1.165) is 11.1 Å². The predicted octanol–water partition coefficient (Wildman–Crippen LogP) is 4.21. The van der Waals surface area contributed by atoms with E-state index in [9.17, 15) is 9.59 Å². The molecule has 0 N–H and O–H groups in total. The minimum Gasteiger partial charge on any atom is -0.461 e. The van der Waals surface area contributed by atoms with E-state index in [1.807, 2.05) is 13.8 Å². The molecule has 0 atom stereocenters. The molecule has 124 valence electrons. The van der Waals surface area contributed by atoms with Gasteiger partial charge in [0.15, 0.2) is 5.76 Å². The van der Waals surface area contributed by atoms with Crippen molar-refractivity contribution in [1.29, 1.82) is 0 Å². The van der Waals surface area contributed by atoms with Crippen molar-refractivity contribution in [3.05, 3.63) is 51.9 Å². The Morgan fingerprint density at radius 1 is 1.21 bits per heavy atom. The third kappa shape index (κ3) is 2.78. The quantitative estimate of drug-likeness (QED) is 0.670. The second kappa shape index (κ2) is 6.23. The Balaban J connectivity index is 2.27. The lowest BCUT2D eigenvalue weighted by molar-refractivity contribution is 0.103. The molecule has 0 bridgehead atoms. The van der Waals surface area contributed by atoms with E-state index in [0.29, 0.717) is 11.0 Å². The van der Waals surface area contributed by atoms with Crippen LogP contribution in [0, 0.1) is 13.8 Å². The first-order valence-electron chi connectivity index (χ1n) is 7.47. The lowest BCUT2D eigenvalue weighted by Crippen LogP contribution is -2.17. The van der Waals surface area contributed by atoms with Gasteiger partial charge in [0.1, 0.15) is 5.58 Å². The van der Waals surface area contributed by atoms with E-state index in [2.05, 4.69) is 0 Å². The molecule has 6 nitrogen and oxygen atoms in total. The number of furan rings is 1. The van der Waals surface area contributed by atoms with Gasteiger partial charge in [-0.3, -0.25) is 4.79 Å². The highest BCUT2D eigenvalue weighted by Crippen LogP contribution is 2.32. The van der Waals surface area contributed by atoms with Crippen molar-refractivity contribution >= 4 is 17.1 Å². The van der Waals surface area contributed by atoms with Crippen molar-refractivity contribution in [3.8, 4) is 17.3 Å². The summed E-state index contributed by atoms with van der Waals surface area (Å²) in [4.78, 5) is 24.5. The number of hydrogen-bond acceptors (Lipinski definition) is 6. The van der Waals surface area contributed by atoms with Crippen LogP contribution >= 0.6 is 0 Å². The van der Waals surface area contributed by atoms with Crippen LogP contribution in [0.15, 0.2) is 44.2 Å². The second-order valence-corrected chi connectivity index (χ2v) is 5.28. The molecule has 0 radical (unpaired) electrons. The van der Waals surface area contributed by atoms with Gasteiger partial charge < -0.3 is 18.3 Å². The second-order valence-electron chi connectivity index (χ2n) is 5.28. The van der Waals surface area contributed by atoms with Gasteiger partial charge in [-0.15, -0.1) is 0 Å². The zero-order valence-corrected chi connectivity index (χ0v) is 13.5. The van der Waals surface area contributed by atoms with Gasteiger partial charge in [-0.05, 0) is 56.2 Å². The lowest BCUT2D eigenvalue weighted by atomic mass is 10.1. The molecule has 3 rings (SSSR count). The molecule has 2 aromatic heterocycles. The van der Waals surface area contributed by atoms with E-state index < -0.39 is 11.6 Å². The van der Waals surface area contributed by atoms with Gasteiger partial charge in [0.2, 0.25) is 16.9 Å². The molecule has 0 fully saturated rings. The molecule has 0 amide bonds. The van der Waals surface area contributed by atoms with Crippen LogP contribution < -0.4 is 10.2 Å². The molecule has 0 spiro atoms. The molecule has 6 heteroatoms. The van der Waals surface area contributed by atoms with Crippen LogP contribution in [0.25, 0.3) is 22.5 Å². The first kappa shape index (κ1) is 15.9. The largest absolute Gasteiger partial charge is 0.514 e. The highest BCUT2D eigenvalue weighted by molar-refractivity contribution is 5.83. The first-order chi connectivity index (χ1) is 11.5. The maximum absolute atomic E-state index is 12.8. The summed E-state index contributed by atoms with van der Waals surface area (Å²) >= 11 is 0. The standard InChI is InChI=1S/C18H16O6/c1-4-21-18(20)24-17-15(19)12-8-10(2)11(3)9-14(12)23-16(17)13-6-5-7-22-13/h5-9H,4H2,1-3H3. The minimum absolute atomic E-state index is 0.0498. The van der Waals surface area contributed by atoms with Gasteiger partial charge in [-0.1, -0.05) is 0 Å². The van der Waals surface area contributed by atoms with Crippen LogP contribution in [0.3, 0.4) is 0 Å². The van der Waals surface area contributed by atoms with E-state index in [1.165, 1.54) is 6.26 Å². The summed E-state index contributed by atoms with van der Waals surface area (Å²) in [6.45, 7) is 5.58. The predicted molar refractivity (Wildman–Crippen MR) is 87.3 cm³/mol. The Morgan fingerprint density at radius 2 is 1.96 bits per heavy atom. The zero-order chi connectivity index (χ0) is 17.3. The van der Waals surface area contributed by atoms with E-state index >= 15 is 0 Å². The van der Waals surface area contributed by atoms with Crippen LogP contribution in [0.1, 0.15) is 18.1 Å². The smallest absolute Gasteiger partial charge is 0.461 e. The molecule has 2 heterocycles. The molecule has 1 aromatic carbocycles. The Kier molecular flexibility index (Phi) is 4.12. The SMILES string of the molecule is CCOC(=O)Oc1c(-c2ccco2)oc2cc(C)c(C)cc2c1=O. The summed E-state index contributed by atoms with van der Waals surface area (Å²) in [6, 6.07) is 6.74. The Morgan fingerprint density at radius 3 is 2.62 bits per heavy atom. The van der Waals surface area contributed by atoms with Crippen molar-refractivity contribution < 1.29 is 23.1 Å². The molecular weight excluding hydrogens is 312 g/mol. The fraction of sp³-hybridized carbons (Fsp3) is 0.222. The Hall–Kier alpha value is -3.02. The molecular formula is C18H16O6. The fourth-order valence-electron chi connectivity index (χ4n) is 2.33. The van der Waals surface area contributed by atoms with Crippen molar-refractivity contribution in [2.75, 3.05) is 6.61 Å². The molecule has 0 saturated heterocycles. The highest BCUT2D eigenvalue weighted by atomic mass is 16.7. The Labute approximate surface area is 137 Å². The van der Waals surface area contributed by atoms with Crippen LogP contribution in [0.2, 0.25) is 0 Å². The van der Waals surface area contributed by atoms with Gasteiger partial charge >= 0.3 is 6.16 Å². The van der Waals surface area contributed by atoms with E-state index in [1.54, 1.807) is 31.2 Å². The molecule has 3 aromatic rings. The molecule has 0 aliphatic carbocycles. The topological polar surface area (TPSA) is 78.9 Å². The molecule has 0 aliphatic rings. The average molecular weight is 328 g/mol. The third-order valence-electron chi connectivity index (χ3n) is 3.66. The van der Waals surface area contributed by atoms with Crippen molar-refractivity contribution in [2.24, 2.45) is 0 Å². The monoisotopic (exact) mass is 328 g/mol. The lowest BCUT2D eigenvalue weighted by Gasteiger charge is -2.10. The van der Waals surface area contributed by atoms with Crippen LogP contribution in [0.5, 0.6) is 5.75 Å². The summed E-state index contributed by atoms with van der Waals surface area (Å²) in [7, 11) is 0. The molecule has 0 saturated carbocycles. The number of fused-ring (bicyclic) bond motifs is 1. The van der Waals surface area contributed by atoms with Crippen molar-refractivity contribution in [3.63, 3.8) is 0 Å². The molecule has 24 heavy (non-hydrogen) atoms. The third-order valence-corrected chi connectivity index (χ3v) is 3.66. The summed E-state index contributed by atoms with van der Waals surface area (Å²) in [6.07, 6.45) is 0.467. The molecule has 0 unspecified atom stereocenters. The fourth-order valence-corrected chi connectivity index (χ4v) is 2.33. The number of hydrogen-bond donors (Lipinski definition) is 0. The van der Waals surface area contributed by atoms with Gasteiger partial charge in [-0.25, -0.2) is 4.79 Å². The van der Waals surface area contributed by atoms with Crippen LogP contribution in [-0.2, 0) is 4.74 Å². The number of carbonyl (C=O) groups excluding carboxylic acids is 1. The van der Waals surface area contributed by atoms with Crippen LogP contribution in [-0.4, -0.2) is 12.8 Å². The maximum Gasteiger partial charge on any atom is 0.514 e. The van der Waals surface area contributed by atoms with Crippen molar-refractivity contribution in [1.82, 2.24) is 0 Å². The van der Waals surface area contributed by atoms with Crippen molar-refractivity contribution in [2.45, 2.75) is 20.8 Å². The van der Waals surface area contributed by atoms with Gasteiger partial charge in [0.05, 0.1) is 18.3 Å². The maximum atomic E-state index is 12.8. The summed E-state index contributed by atoms with van der Waals surface area (Å²) in [5, 5.41) is 0.327. The van der Waals surface area contributed by atoms with E-state index in [4.69, 9.17) is 18.3 Å². The van der Waals surface area contributed by atoms with E-state index in [-0.39, 0.29) is 23.9 Å². The van der Waals surface area contributed by atoms with Crippen LogP contribution in [0.4, 0.5) is 4.79 Å². The van der Waals surface area contributed by atoms with Gasteiger partial charge in [-0.2, -0.15) is 0 Å². The normalized spacial score (nSPS) is 10.8. The van der Waals surface area contributed by atoms with Gasteiger partial charge in [0, 0.05) is 0 Å². The molecule has 0 aliphatic heterocycles. The summed E-state index contributed by atoms with van der Waals surface area (Å²) < 4.78 is 20.9. The highest BCUT2D eigenvalue weighted by Gasteiger charge is 2.23. The Bertz CT molecular complexity index is 950. The number of ether oxygens (including phenoxy) is 2. The zero-order valence-electron chi connectivity index (χ0n) is 13.5. The van der Waals surface area contributed by atoms with Gasteiger partial charge in [0.25, 0.3) is 0 Å². The first-order valence-corrected chi connectivity index (χ1v) is 7.47. The average Bonchev–Trinajstić information content (AvgIpc) is 3.06. The minimum atomic E-state index is -0.971. The summed E-state index contributed by atoms with van der Waals surface area (Å²) in [5.74, 6) is 0.0829. The summed E-state index contributed by atoms with van der Waals surface area (Å²) in [5.41, 5.74) is 1.85. The number of benzene rings is 1. The number of aryl methyl sites for hydroxylation is 2.